The molecule has 29 heavy (non-hydrogen) atoms. The third-order valence-electron chi connectivity index (χ3n) is 4.70. The summed E-state index contributed by atoms with van der Waals surface area (Å²) in [6, 6.07) is 19.2. The molecule has 142 valence electrons. The molecule has 0 aliphatic heterocycles. The van der Waals surface area contributed by atoms with Crippen LogP contribution in [0.1, 0.15) is 11.8 Å². The quantitative estimate of drug-likeness (QED) is 0.500. The molecule has 0 fully saturated rings. The zero-order valence-electron chi connectivity index (χ0n) is 15.6. The van der Waals surface area contributed by atoms with Gasteiger partial charge in [-0.3, -0.25) is 0 Å². The van der Waals surface area contributed by atoms with E-state index < -0.39 is 0 Å². The molecular weight excluding hydrogens is 366 g/mol. The van der Waals surface area contributed by atoms with Crippen molar-refractivity contribution in [1.82, 2.24) is 24.7 Å². The number of para-hydroxylation sites is 1. The predicted octanol–water partition coefficient (Wildman–Crippen LogP) is 4.21. The standard InChI is InChI=1S/C22H17N5O2/c1-14-25-26-19(29-14)12-27-13-23-21(15-6-3-2-4-7-15)22(27)17-11-10-16-8-5-9-18(28)20(16)24-17/h2-11,13,28H,12H2,1H3. The first-order valence-electron chi connectivity index (χ1n) is 9.18. The first-order valence-corrected chi connectivity index (χ1v) is 9.18. The van der Waals surface area contributed by atoms with E-state index in [1.54, 1.807) is 25.4 Å². The molecule has 0 bridgehead atoms. The molecule has 7 heteroatoms. The Balaban J connectivity index is 1.70. The van der Waals surface area contributed by atoms with Crippen LogP contribution in [0.15, 0.2) is 71.4 Å². The van der Waals surface area contributed by atoms with E-state index >= 15 is 0 Å². The number of aryl methyl sites for hydroxylation is 1. The Morgan fingerprint density at radius 2 is 1.83 bits per heavy atom. The van der Waals surface area contributed by atoms with Gasteiger partial charge >= 0.3 is 0 Å². The fourth-order valence-corrected chi connectivity index (χ4v) is 3.39. The number of phenolic OH excluding ortho intramolecular Hbond substituents is 1. The minimum atomic E-state index is 0.143. The van der Waals surface area contributed by atoms with Crippen molar-refractivity contribution in [2.24, 2.45) is 0 Å². The molecule has 7 nitrogen and oxygen atoms in total. The van der Waals surface area contributed by atoms with Gasteiger partial charge in [0.15, 0.2) is 0 Å². The Kier molecular flexibility index (Phi) is 4.05. The molecule has 0 spiro atoms. The van der Waals surface area contributed by atoms with E-state index in [9.17, 15) is 5.11 Å². The minimum absolute atomic E-state index is 0.143. The van der Waals surface area contributed by atoms with Crippen molar-refractivity contribution in [3.8, 4) is 28.4 Å². The molecule has 0 unspecified atom stereocenters. The number of nitrogens with zero attached hydrogens (tertiary/aromatic N) is 5. The van der Waals surface area contributed by atoms with Crippen LogP contribution in [-0.4, -0.2) is 29.8 Å². The van der Waals surface area contributed by atoms with Gasteiger partial charge in [-0.25, -0.2) is 9.97 Å². The van der Waals surface area contributed by atoms with Gasteiger partial charge < -0.3 is 14.1 Å². The van der Waals surface area contributed by atoms with Crippen LogP contribution in [0.25, 0.3) is 33.5 Å². The van der Waals surface area contributed by atoms with Gasteiger partial charge in [0.1, 0.15) is 17.8 Å². The maximum atomic E-state index is 10.3. The van der Waals surface area contributed by atoms with E-state index in [-0.39, 0.29) is 5.75 Å². The van der Waals surface area contributed by atoms with E-state index in [4.69, 9.17) is 9.40 Å². The van der Waals surface area contributed by atoms with E-state index in [2.05, 4.69) is 15.2 Å². The predicted molar refractivity (Wildman–Crippen MR) is 108 cm³/mol. The number of imidazole rings is 1. The van der Waals surface area contributed by atoms with Crippen LogP contribution >= 0.6 is 0 Å². The summed E-state index contributed by atoms with van der Waals surface area (Å²) >= 11 is 0. The normalized spacial score (nSPS) is 11.2. The molecule has 0 atom stereocenters. The van der Waals surface area contributed by atoms with Crippen LogP contribution in [0.5, 0.6) is 5.75 Å². The molecule has 0 aliphatic carbocycles. The van der Waals surface area contributed by atoms with Crippen molar-refractivity contribution < 1.29 is 9.52 Å². The summed E-state index contributed by atoms with van der Waals surface area (Å²) in [5.41, 5.74) is 3.83. The summed E-state index contributed by atoms with van der Waals surface area (Å²) in [5, 5.41) is 19.1. The Hall–Kier alpha value is -4.00. The molecule has 0 saturated carbocycles. The van der Waals surface area contributed by atoms with Crippen molar-refractivity contribution >= 4 is 10.9 Å². The van der Waals surface area contributed by atoms with E-state index in [0.717, 1.165) is 22.3 Å². The van der Waals surface area contributed by atoms with Crippen LogP contribution in [0, 0.1) is 6.92 Å². The van der Waals surface area contributed by atoms with Gasteiger partial charge in [0.2, 0.25) is 11.8 Å². The monoisotopic (exact) mass is 383 g/mol. The van der Waals surface area contributed by atoms with Crippen molar-refractivity contribution in [3.63, 3.8) is 0 Å². The summed E-state index contributed by atoms with van der Waals surface area (Å²) in [6.45, 7) is 2.13. The van der Waals surface area contributed by atoms with Gasteiger partial charge in [-0.2, -0.15) is 0 Å². The lowest BCUT2D eigenvalue weighted by Gasteiger charge is -2.10. The molecule has 0 amide bonds. The first kappa shape index (κ1) is 17.1. The Bertz CT molecular complexity index is 1310. The minimum Gasteiger partial charge on any atom is -0.506 e. The largest absolute Gasteiger partial charge is 0.506 e. The van der Waals surface area contributed by atoms with Crippen molar-refractivity contribution in [1.29, 1.82) is 0 Å². The average molecular weight is 383 g/mol. The number of hydrogen-bond donors (Lipinski definition) is 1. The van der Waals surface area contributed by atoms with Crippen LogP contribution in [0.4, 0.5) is 0 Å². The van der Waals surface area contributed by atoms with Gasteiger partial charge in [-0.05, 0) is 12.1 Å². The van der Waals surface area contributed by atoms with Crippen LogP contribution < -0.4 is 0 Å². The maximum Gasteiger partial charge on any atom is 0.236 e. The Labute approximate surface area is 166 Å². The molecule has 1 N–H and O–H groups in total. The average Bonchev–Trinajstić information content (AvgIpc) is 3.35. The SMILES string of the molecule is Cc1nnc(Cn2cnc(-c3ccccc3)c2-c2ccc3cccc(O)c3n2)o1. The second-order valence-corrected chi connectivity index (χ2v) is 6.70. The number of benzene rings is 2. The summed E-state index contributed by atoms with van der Waals surface area (Å²) < 4.78 is 7.49. The number of hydrogen-bond acceptors (Lipinski definition) is 6. The summed E-state index contributed by atoms with van der Waals surface area (Å²) in [5.74, 6) is 1.15. The second kappa shape index (κ2) is 6.87. The summed E-state index contributed by atoms with van der Waals surface area (Å²) in [7, 11) is 0. The van der Waals surface area contributed by atoms with Gasteiger partial charge in [-0.1, -0.05) is 48.5 Å². The lowest BCUT2D eigenvalue weighted by atomic mass is 10.1. The smallest absolute Gasteiger partial charge is 0.236 e. The molecule has 2 aromatic carbocycles. The van der Waals surface area contributed by atoms with E-state index in [1.807, 2.05) is 53.1 Å². The number of phenols is 1. The number of fused-ring (bicyclic) bond motifs is 1. The molecule has 5 aromatic rings. The summed E-state index contributed by atoms with van der Waals surface area (Å²) in [4.78, 5) is 9.37. The molecular formula is C22H17N5O2. The highest BCUT2D eigenvalue weighted by Crippen LogP contribution is 2.33. The first-order chi connectivity index (χ1) is 14.2. The van der Waals surface area contributed by atoms with Crippen molar-refractivity contribution in [2.45, 2.75) is 13.5 Å². The number of pyridine rings is 1. The molecule has 0 aliphatic rings. The zero-order chi connectivity index (χ0) is 19.8. The van der Waals surface area contributed by atoms with Gasteiger partial charge in [0.05, 0.1) is 23.4 Å². The third-order valence-corrected chi connectivity index (χ3v) is 4.70. The molecule has 3 aromatic heterocycles. The lowest BCUT2D eigenvalue weighted by molar-refractivity contribution is 0.455. The number of rotatable bonds is 4. The highest BCUT2D eigenvalue weighted by Gasteiger charge is 2.18. The lowest BCUT2D eigenvalue weighted by Crippen LogP contribution is -2.02. The maximum absolute atomic E-state index is 10.3. The van der Waals surface area contributed by atoms with Crippen LogP contribution in [0.2, 0.25) is 0 Å². The molecule has 0 saturated heterocycles. The van der Waals surface area contributed by atoms with Crippen molar-refractivity contribution in [3.05, 3.63) is 78.8 Å². The Morgan fingerprint density at radius 3 is 2.62 bits per heavy atom. The van der Waals surface area contributed by atoms with E-state index in [0.29, 0.717) is 29.5 Å². The Morgan fingerprint density at radius 1 is 0.966 bits per heavy atom. The fourth-order valence-electron chi connectivity index (χ4n) is 3.39. The number of aromatic hydroxyl groups is 1. The number of aromatic nitrogens is 5. The third kappa shape index (κ3) is 3.12. The van der Waals surface area contributed by atoms with Gasteiger partial charge in [-0.15, -0.1) is 10.2 Å². The second-order valence-electron chi connectivity index (χ2n) is 6.70. The topological polar surface area (TPSA) is 89.9 Å². The molecule has 3 heterocycles. The summed E-state index contributed by atoms with van der Waals surface area (Å²) in [6.07, 6.45) is 1.74. The van der Waals surface area contributed by atoms with E-state index in [1.165, 1.54) is 0 Å². The van der Waals surface area contributed by atoms with Crippen LogP contribution in [-0.2, 0) is 6.54 Å². The van der Waals surface area contributed by atoms with Crippen molar-refractivity contribution in [2.75, 3.05) is 0 Å². The fraction of sp³-hybridized carbons (Fsp3) is 0.0909. The highest BCUT2D eigenvalue weighted by molar-refractivity contribution is 5.87. The molecule has 0 radical (unpaired) electrons. The van der Waals surface area contributed by atoms with Crippen LogP contribution in [0.3, 0.4) is 0 Å². The molecule has 5 rings (SSSR count). The zero-order valence-corrected chi connectivity index (χ0v) is 15.6. The van der Waals surface area contributed by atoms with Gasteiger partial charge in [0.25, 0.3) is 0 Å². The highest BCUT2D eigenvalue weighted by atomic mass is 16.4. The van der Waals surface area contributed by atoms with Gasteiger partial charge in [0, 0.05) is 17.9 Å².